The summed E-state index contributed by atoms with van der Waals surface area (Å²) in [6.07, 6.45) is 2.08. The monoisotopic (exact) mass is 443 g/mol. The molecule has 0 aliphatic carbocycles. The molecule has 0 saturated carbocycles. The van der Waals surface area contributed by atoms with Gasteiger partial charge >= 0.3 is 0 Å². The van der Waals surface area contributed by atoms with Crippen molar-refractivity contribution < 1.29 is 9.53 Å². The van der Waals surface area contributed by atoms with Gasteiger partial charge in [-0.05, 0) is 42.5 Å². The Hall–Kier alpha value is -3.75. The summed E-state index contributed by atoms with van der Waals surface area (Å²) in [6.45, 7) is 5.43. The zero-order chi connectivity index (χ0) is 22.6. The lowest BCUT2D eigenvalue weighted by atomic mass is 10.2. The van der Waals surface area contributed by atoms with E-state index in [0.29, 0.717) is 11.4 Å². The number of anilines is 1. The summed E-state index contributed by atoms with van der Waals surface area (Å²) in [5.41, 5.74) is 2.28. The van der Waals surface area contributed by atoms with Crippen LogP contribution in [0.2, 0.25) is 0 Å². The Morgan fingerprint density at radius 2 is 1.79 bits per heavy atom. The number of nitrogens with one attached hydrogen (secondary N) is 1. The third-order valence-electron chi connectivity index (χ3n) is 5.82. The fraction of sp³-hybridized carbons (Fsp3) is 0.240. The summed E-state index contributed by atoms with van der Waals surface area (Å²) >= 11 is 0. The van der Waals surface area contributed by atoms with Crippen molar-refractivity contribution in [1.29, 1.82) is 0 Å². The number of morpholine rings is 1. The summed E-state index contributed by atoms with van der Waals surface area (Å²) in [6, 6.07) is 19.7. The van der Waals surface area contributed by atoms with Crippen LogP contribution in [0, 0.1) is 0 Å². The topological polar surface area (TPSA) is 81.4 Å². The van der Waals surface area contributed by atoms with Crippen LogP contribution in [0.3, 0.4) is 0 Å². The highest BCUT2D eigenvalue weighted by Crippen LogP contribution is 2.21. The largest absolute Gasteiger partial charge is 0.379 e. The standard InChI is InChI=1S/C25H25N5O3/c31-24-9-7-22(27-30(24)21-4-2-1-3-5-21)25(32)26-20-6-8-23-19(18-20)10-11-29(23)13-12-28-14-16-33-17-15-28/h1-11,18H,12-17H2,(H,26,32). The van der Waals surface area contributed by atoms with Crippen LogP contribution in [0.1, 0.15) is 10.5 Å². The predicted octanol–water partition coefficient (Wildman–Crippen LogP) is 2.77. The quantitative estimate of drug-likeness (QED) is 0.496. The molecule has 3 heterocycles. The molecule has 5 rings (SSSR count). The average Bonchev–Trinajstić information content (AvgIpc) is 3.26. The van der Waals surface area contributed by atoms with Crippen molar-refractivity contribution in [3.63, 3.8) is 0 Å². The molecule has 2 aromatic heterocycles. The molecular formula is C25H25N5O3. The molecule has 0 radical (unpaired) electrons. The normalized spacial score (nSPS) is 14.4. The molecule has 1 aliphatic rings. The molecule has 8 nitrogen and oxygen atoms in total. The number of carbonyl (C=O) groups is 1. The van der Waals surface area contributed by atoms with Gasteiger partial charge in [0.25, 0.3) is 11.5 Å². The van der Waals surface area contributed by atoms with Crippen molar-refractivity contribution in [3.05, 3.63) is 89.0 Å². The highest BCUT2D eigenvalue weighted by atomic mass is 16.5. The molecule has 0 bridgehead atoms. The summed E-state index contributed by atoms with van der Waals surface area (Å²) < 4.78 is 8.87. The van der Waals surface area contributed by atoms with E-state index >= 15 is 0 Å². The van der Waals surface area contributed by atoms with Gasteiger partial charge in [-0.25, -0.2) is 0 Å². The third kappa shape index (κ3) is 4.72. The lowest BCUT2D eigenvalue weighted by molar-refractivity contribution is 0.0365. The molecule has 0 atom stereocenters. The molecule has 0 spiro atoms. The van der Waals surface area contributed by atoms with Gasteiger partial charge in [0.1, 0.15) is 5.69 Å². The van der Waals surface area contributed by atoms with E-state index < -0.39 is 0 Å². The maximum absolute atomic E-state index is 12.8. The second kappa shape index (κ2) is 9.40. The number of amides is 1. The molecule has 4 aromatic rings. The fourth-order valence-corrected chi connectivity index (χ4v) is 4.03. The van der Waals surface area contributed by atoms with Crippen LogP contribution in [0.5, 0.6) is 0 Å². The molecule has 2 aromatic carbocycles. The zero-order valence-corrected chi connectivity index (χ0v) is 18.2. The number of nitrogens with zero attached hydrogens (tertiary/aromatic N) is 4. The van der Waals surface area contributed by atoms with E-state index in [4.69, 9.17) is 4.74 Å². The first kappa shape index (κ1) is 21.1. The van der Waals surface area contributed by atoms with E-state index in [1.807, 2.05) is 36.4 Å². The summed E-state index contributed by atoms with van der Waals surface area (Å²) in [5.74, 6) is -0.370. The SMILES string of the molecule is O=C(Nc1ccc2c(ccn2CCN2CCOCC2)c1)c1ccc(=O)n(-c2ccccc2)n1. The molecular weight excluding hydrogens is 418 g/mol. The van der Waals surface area contributed by atoms with Gasteiger partial charge in [-0.2, -0.15) is 9.78 Å². The Labute approximate surface area is 191 Å². The number of aromatic nitrogens is 3. The molecule has 168 valence electrons. The van der Waals surface area contributed by atoms with Gasteiger partial charge in [0, 0.05) is 55.0 Å². The second-order valence-corrected chi connectivity index (χ2v) is 8.00. The summed E-state index contributed by atoms with van der Waals surface area (Å²) in [4.78, 5) is 27.4. The van der Waals surface area contributed by atoms with E-state index in [2.05, 4.69) is 32.1 Å². The molecule has 1 N–H and O–H groups in total. The Balaban J connectivity index is 1.30. The van der Waals surface area contributed by atoms with Crippen LogP contribution in [0.15, 0.2) is 77.7 Å². The first-order valence-electron chi connectivity index (χ1n) is 11.0. The number of rotatable bonds is 6. The van der Waals surface area contributed by atoms with Gasteiger partial charge in [0.05, 0.1) is 18.9 Å². The van der Waals surface area contributed by atoms with E-state index in [1.54, 1.807) is 12.1 Å². The lowest BCUT2D eigenvalue weighted by Crippen LogP contribution is -2.38. The minimum absolute atomic E-state index is 0.168. The van der Waals surface area contributed by atoms with Crippen LogP contribution in [-0.2, 0) is 11.3 Å². The lowest BCUT2D eigenvalue weighted by Gasteiger charge is -2.26. The molecule has 1 amide bonds. The van der Waals surface area contributed by atoms with Gasteiger partial charge in [-0.1, -0.05) is 18.2 Å². The summed E-state index contributed by atoms with van der Waals surface area (Å²) in [5, 5.41) is 8.19. The average molecular weight is 444 g/mol. The van der Waals surface area contributed by atoms with Gasteiger partial charge in [0.15, 0.2) is 0 Å². The third-order valence-corrected chi connectivity index (χ3v) is 5.82. The van der Waals surface area contributed by atoms with Crippen molar-refractivity contribution >= 4 is 22.5 Å². The van der Waals surface area contributed by atoms with E-state index in [0.717, 1.165) is 50.3 Å². The van der Waals surface area contributed by atoms with E-state index in [9.17, 15) is 9.59 Å². The first-order chi connectivity index (χ1) is 16.2. The summed E-state index contributed by atoms with van der Waals surface area (Å²) in [7, 11) is 0. The fourth-order valence-electron chi connectivity index (χ4n) is 4.03. The Morgan fingerprint density at radius 3 is 2.61 bits per heavy atom. The Bertz CT molecular complexity index is 1320. The van der Waals surface area contributed by atoms with Gasteiger partial charge in [0.2, 0.25) is 0 Å². The van der Waals surface area contributed by atoms with E-state index in [-0.39, 0.29) is 17.2 Å². The smallest absolute Gasteiger partial charge is 0.276 e. The number of ether oxygens (including phenoxy) is 1. The van der Waals surface area contributed by atoms with Crippen molar-refractivity contribution in [2.45, 2.75) is 6.54 Å². The molecule has 8 heteroatoms. The van der Waals surface area contributed by atoms with Gasteiger partial charge in [-0.15, -0.1) is 0 Å². The Kier molecular flexibility index (Phi) is 6.01. The van der Waals surface area contributed by atoms with Crippen LogP contribution < -0.4 is 10.9 Å². The van der Waals surface area contributed by atoms with Crippen LogP contribution >= 0.6 is 0 Å². The minimum Gasteiger partial charge on any atom is -0.379 e. The number of benzene rings is 2. The van der Waals surface area contributed by atoms with Crippen LogP contribution in [-0.4, -0.2) is 58.0 Å². The Morgan fingerprint density at radius 1 is 0.970 bits per heavy atom. The molecule has 33 heavy (non-hydrogen) atoms. The number of para-hydroxylation sites is 1. The molecule has 1 aliphatic heterocycles. The number of hydrogen-bond donors (Lipinski definition) is 1. The number of fused-ring (bicyclic) bond motifs is 1. The molecule has 1 saturated heterocycles. The van der Waals surface area contributed by atoms with Crippen molar-refractivity contribution in [2.75, 3.05) is 38.2 Å². The predicted molar refractivity (Wildman–Crippen MR) is 127 cm³/mol. The van der Waals surface area contributed by atoms with Crippen molar-refractivity contribution in [1.82, 2.24) is 19.2 Å². The number of carbonyl (C=O) groups excluding carboxylic acids is 1. The van der Waals surface area contributed by atoms with E-state index in [1.165, 1.54) is 16.8 Å². The number of hydrogen-bond acceptors (Lipinski definition) is 5. The minimum atomic E-state index is -0.370. The highest BCUT2D eigenvalue weighted by Gasteiger charge is 2.13. The van der Waals surface area contributed by atoms with Crippen molar-refractivity contribution in [3.8, 4) is 5.69 Å². The maximum Gasteiger partial charge on any atom is 0.276 e. The van der Waals surface area contributed by atoms with Gasteiger partial charge < -0.3 is 14.6 Å². The van der Waals surface area contributed by atoms with Crippen molar-refractivity contribution in [2.24, 2.45) is 0 Å². The molecule has 0 unspecified atom stereocenters. The van der Waals surface area contributed by atoms with Gasteiger partial charge in [-0.3, -0.25) is 14.5 Å². The maximum atomic E-state index is 12.8. The zero-order valence-electron chi connectivity index (χ0n) is 18.2. The second-order valence-electron chi connectivity index (χ2n) is 8.00. The first-order valence-corrected chi connectivity index (χ1v) is 11.0. The highest BCUT2D eigenvalue weighted by molar-refractivity contribution is 6.03. The molecule has 1 fully saturated rings. The van der Waals surface area contributed by atoms with Crippen LogP contribution in [0.25, 0.3) is 16.6 Å². The van der Waals surface area contributed by atoms with Crippen LogP contribution in [0.4, 0.5) is 5.69 Å².